The second-order valence-corrected chi connectivity index (χ2v) is 9.75. The Morgan fingerprint density at radius 3 is 2.62 bits per heavy atom. The maximum absolute atomic E-state index is 12.8. The molecule has 37 heavy (non-hydrogen) atoms. The van der Waals surface area contributed by atoms with E-state index in [0.717, 1.165) is 59.3 Å². The molecule has 9 nitrogen and oxygen atoms in total. The van der Waals surface area contributed by atoms with Crippen molar-refractivity contribution in [2.45, 2.75) is 19.4 Å². The lowest BCUT2D eigenvalue weighted by molar-refractivity contribution is -0.125. The number of carbonyl (C=O) groups excluding carboxylic acids is 1. The third kappa shape index (κ3) is 5.86. The van der Waals surface area contributed by atoms with E-state index in [2.05, 4.69) is 25.3 Å². The first-order valence-electron chi connectivity index (χ1n) is 12.2. The summed E-state index contributed by atoms with van der Waals surface area (Å²) in [4.78, 5) is 37.1. The van der Waals surface area contributed by atoms with Gasteiger partial charge in [0.1, 0.15) is 23.6 Å². The molecule has 1 aliphatic heterocycles. The number of hydrogen-bond acceptors (Lipinski definition) is 8. The molecule has 0 atom stereocenters. The summed E-state index contributed by atoms with van der Waals surface area (Å²) in [6.07, 6.45) is 3.05. The summed E-state index contributed by atoms with van der Waals surface area (Å²) >= 11 is 1.57. The van der Waals surface area contributed by atoms with Crippen LogP contribution in [0.1, 0.15) is 12.8 Å². The Morgan fingerprint density at radius 2 is 1.89 bits per heavy atom. The van der Waals surface area contributed by atoms with Gasteiger partial charge in [0.2, 0.25) is 5.91 Å². The van der Waals surface area contributed by atoms with Crippen LogP contribution in [0.15, 0.2) is 71.1 Å². The zero-order valence-electron chi connectivity index (χ0n) is 20.5. The molecule has 1 saturated heterocycles. The van der Waals surface area contributed by atoms with Gasteiger partial charge in [0.25, 0.3) is 5.56 Å². The molecule has 4 heterocycles. The molecule has 1 N–H and O–H groups in total. The van der Waals surface area contributed by atoms with E-state index in [-0.39, 0.29) is 17.4 Å². The molecule has 1 aromatic carbocycles. The highest BCUT2D eigenvalue weighted by Gasteiger charge is 2.25. The van der Waals surface area contributed by atoms with Gasteiger partial charge in [0.15, 0.2) is 0 Å². The number of carbonyl (C=O) groups is 1. The van der Waals surface area contributed by atoms with E-state index in [1.807, 2.05) is 47.8 Å². The van der Waals surface area contributed by atoms with Gasteiger partial charge in [-0.3, -0.25) is 9.59 Å². The zero-order chi connectivity index (χ0) is 25.6. The van der Waals surface area contributed by atoms with E-state index in [1.165, 1.54) is 10.7 Å². The van der Waals surface area contributed by atoms with E-state index in [0.29, 0.717) is 13.1 Å². The van der Waals surface area contributed by atoms with Crippen LogP contribution in [0.4, 0.5) is 5.82 Å². The average Bonchev–Trinajstić information content (AvgIpc) is 3.49. The Labute approximate surface area is 218 Å². The minimum atomic E-state index is -0.179. The predicted molar refractivity (Wildman–Crippen MR) is 144 cm³/mol. The Balaban J connectivity index is 1.13. The Kier molecular flexibility index (Phi) is 7.55. The van der Waals surface area contributed by atoms with E-state index in [1.54, 1.807) is 30.8 Å². The van der Waals surface area contributed by atoms with Gasteiger partial charge in [-0.05, 0) is 54.6 Å². The molecule has 10 heteroatoms. The number of nitrogens with one attached hydrogen (secondary N) is 1. The molecule has 0 saturated carbocycles. The van der Waals surface area contributed by atoms with E-state index in [4.69, 9.17) is 4.74 Å². The number of piperidine rings is 1. The van der Waals surface area contributed by atoms with Crippen LogP contribution in [0.25, 0.3) is 21.8 Å². The van der Waals surface area contributed by atoms with Gasteiger partial charge < -0.3 is 15.0 Å². The molecule has 0 unspecified atom stereocenters. The van der Waals surface area contributed by atoms with Crippen LogP contribution in [0, 0.1) is 5.92 Å². The predicted octanol–water partition coefficient (Wildman–Crippen LogP) is 3.47. The summed E-state index contributed by atoms with van der Waals surface area (Å²) < 4.78 is 6.64. The molecule has 0 aliphatic carbocycles. The topological polar surface area (TPSA) is 102 Å². The maximum Gasteiger partial charge on any atom is 0.266 e. The van der Waals surface area contributed by atoms with Crippen LogP contribution in [-0.4, -0.2) is 52.4 Å². The van der Waals surface area contributed by atoms with Crippen molar-refractivity contribution in [3.63, 3.8) is 0 Å². The first-order valence-corrected chi connectivity index (χ1v) is 13.1. The van der Waals surface area contributed by atoms with Crippen molar-refractivity contribution < 1.29 is 9.53 Å². The Morgan fingerprint density at radius 1 is 1.08 bits per heavy atom. The number of benzene rings is 1. The number of nitrogens with zero attached hydrogens (tertiary/aromatic N) is 5. The van der Waals surface area contributed by atoms with Gasteiger partial charge in [-0.15, -0.1) is 11.3 Å². The number of anilines is 1. The normalized spacial score (nSPS) is 13.9. The highest BCUT2D eigenvalue weighted by Crippen LogP contribution is 2.26. The molecule has 1 amide bonds. The van der Waals surface area contributed by atoms with Crippen molar-refractivity contribution in [2.75, 3.05) is 31.6 Å². The minimum Gasteiger partial charge on any atom is -0.497 e. The number of methoxy groups -OCH3 is 1. The van der Waals surface area contributed by atoms with Crippen molar-refractivity contribution in [3.05, 3.63) is 76.7 Å². The van der Waals surface area contributed by atoms with Gasteiger partial charge in [0, 0.05) is 43.2 Å². The SMILES string of the molecule is COc1ccc(-c2cc(N3CCC(C(=O)NCCn4nc(-c5cccs5)ccc4=O)CC3)ncn2)cc1. The molecule has 1 aliphatic rings. The monoisotopic (exact) mass is 516 g/mol. The first-order chi connectivity index (χ1) is 18.1. The van der Waals surface area contributed by atoms with Crippen molar-refractivity contribution in [1.29, 1.82) is 0 Å². The number of aromatic nitrogens is 4. The van der Waals surface area contributed by atoms with Crippen LogP contribution in [-0.2, 0) is 11.3 Å². The highest BCUT2D eigenvalue weighted by atomic mass is 32.1. The number of rotatable bonds is 8. The number of ether oxygens (including phenoxy) is 1. The molecular weight excluding hydrogens is 488 g/mol. The van der Waals surface area contributed by atoms with Crippen LogP contribution >= 0.6 is 11.3 Å². The van der Waals surface area contributed by atoms with Gasteiger partial charge in [-0.1, -0.05) is 6.07 Å². The Bertz CT molecular complexity index is 1400. The lowest BCUT2D eigenvalue weighted by Crippen LogP contribution is -2.42. The summed E-state index contributed by atoms with van der Waals surface area (Å²) in [5.74, 6) is 1.61. The molecule has 3 aromatic heterocycles. The average molecular weight is 517 g/mol. The number of amides is 1. The van der Waals surface area contributed by atoms with Crippen molar-refractivity contribution in [2.24, 2.45) is 5.92 Å². The second-order valence-electron chi connectivity index (χ2n) is 8.80. The first kappa shape index (κ1) is 24.6. The molecule has 0 spiro atoms. The van der Waals surface area contributed by atoms with Crippen LogP contribution in [0.5, 0.6) is 5.75 Å². The summed E-state index contributed by atoms with van der Waals surface area (Å²) in [6, 6.07) is 16.9. The smallest absolute Gasteiger partial charge is 0.266 e. The fourth-order valence-corrected chi connectivity index (χ4v) is 5.10. The van der Waals surface area contributed by atoms with Gasteiger partial charge in [-0.25, -0.2) is 14.6 Å². The Hall–Kier alpha value is -4.05. The third-order valence-corrected chi connectivity index (χ3v) is 7.38. The zero-order valence-corrected chi connectivity index (χ0v) is 21.4. The summed E-state index contributed by atoms with van der Waals surface area (Å²) in [5, 5.41) is 9.40. The third-order valence-electron chi connectivity index (χ3n) is 6.49. The lowest BCUT2D eigenvalue weighted by atomic mass is 9.96. The number of thiophene rings is 1. The van der Waals surface area contributed by atoms with Crippen molar-refractivity contribution >= 4 is 23.1 Å². The molecule has 0 radical (unpaired) electrons. The van der Waals surface area contributed by atoms with Gasteiger partial charge in [0.05, 0.1) is 24.2 Å². The fraction of sp³-hybridized carbons (Fsp3) is 0.296. The lowest BCUT2D eigenvalue weighted by Gasteiger charge is -2.32. The molecule has 5 rings (SSSR count). The van der Waals surface area contributed by atoms with Gasteiger partial charge in [-0.2, -0.15) is 5.10 Å². The second kappa shape index (κ2) is 11.3. The summed E-state index contributed by atoms with van der Waals surface area (Å²) in [5.41, 5.74) is 2.42. The minimum absolute atomic E-state index is 0.0173. The van der Waals surface area contributed by atoms with Crippen LogP contribution in [0.3, 0.4) is 0 Å². The van der Waals surface area contributed by atoms with Crippen molar-refractivity contribution in [3.8, 4) is 27.6 Å². The van der Waals surface area contributed by atoms with Crippen LogP contribution in [0.2, 0.25) is 0 Å². The maximum atomic E-state index is 12.8. The fourth-order valence-electron chi connectivity index (χ4n) is 4.40. The van der Waals surface area contributed by atoms with E-state index in [9.17, 15) is 9.59 Å². The summed E-state index contributed by atoms with van der Waals surface area (Å²) in [7, 11) is 1.64. The largest absolute Gasteiger partial charge is 0.497 e. The van der Waals surface area contributed by atoms with E-state index >= 15 is 0 Å². The van der Waals surface area contributed by atoms with Crippen LogP contribution < -0.4 is 20.5 Å². The molecule has 0 bridgehead atoms. The standard InChI is InChI=1S/C27H28N6O3S/c1-36-21-6-4-19(5-7-21)23-17-25(30-18-29-23)32-13-10-20(11-14-32)27(35)28-12-15-33-26(34)9-8-22(31-33)24-3-2-16-37-24/h2-9,16-18,20H,10-15H2,1H3,(H,28,35). The molecular formula is C27H28N6O3S. The van der Waals surface area contributed by atoms with Gasteiger partial charge >= 0.3 is 0 Å². The van der Waals surface area contributed by atoms with Crippen molar-refractivity contribution in [1.82, 2.24) is 25.1 Å². The highest BCUT2D eigenvalue weighted by molar-refractivity contribution is 7.13. The summed E-state index contributed by atoms with van der Waals surface area (Å²) in [6.45, 7) is 2.16. The quantitative estimate of drug-likeness (QED) is 0.383. The molecule has 1 fully saturated rings. The van der Waals surface area contributed by atoms with E-state index < -0.39 is 0 Å². The number of hydrogen-bond donors (Lipinski definition) is 1. The molecule has 4 aromatic rings. The molecule has 190 valence electrons.